The number of hydrogen-bond donors (Lipinski definition) is 2. The number of aliphatic hydroxyl groups is 2. The highest BCUT2D eigenvalue weighted by Gasteiger charge is 2.40. The van der Waals surface area contributed by atoms with Gasteiger partial charge in [-0.15, -0.1) is 0 Å². The largest absolute Gasteiger partial charge is 0.390 e. The summed E-state index contributed by atoms with van der Waals surface area (Å²) in [6.45, 7) is 3.16. The number of fused-ring (bicyclic) bond motifs is 1. The highest BCUT2D eigenvalue weighted by atomic mass is 32.1. The minimum absolute atomic E-state index is 0.502. The summed E-state index contributed by atoms with van der Waals surface area (Å²) in [6.07, 6.45) is 0.535. The van der Waals surface area contributed by atoms with Gasteiger partial charge in [-0.1, -0.05) is 0 Å². The molecule has 0 spiro atoms. The summed E-state index contributed by atoms with van der Waals surface area (Å²) in [5, 5.41) is 23.7. The molecule has 1 aromatic heterocycles. The molecule has 1 aliphatic heterocycles. The molecule has 0 aromatic carbocycles. The van der Waals surface area contributed by atoms with Crippen LogP contribution in [0.3, 0.4) is 0 Å². The van der Waals surface area contributed by atoms with Gasteiger partial charge in [0.1, 0.15) is 0 Å². The summed E-state index contributed by atoms with van der Waals surface area (Å²) in [5.41, 5.74) is 1.38. The Morgan fingerprint density at radius 2 is 1.82 bits per heavy atom. The minimum atomic E-state index is -0.502. The fourth-order valence-corrected chi connectivity index (χ4v) is 3.93. The Balaban J connectivity index is 1.61. The van der Waals surface area contributed by atoms with Crippen molar-refractivity contribution in [2.75, 3.05) is 13.1 Å². The zero-order chi connectivity index (χ0) is 11.8. The molecule has 3 rings (SSSR count). The predicted octanol–water partition coefficient (Wildman–Crippen LogP) is 1.31. The topological polar surface area (TPSA) is 43.7 Å². The van der Waals surface area contributed by atoms with Crippen LogP contribution in [0.4, 0.5) is 0 Å². The van der Waals surface area contributed by atoms with Crippen molar-refractivity contribution in [3.8, 4) is 0 Å². The lowest BCUT2D eigenvalue weighted by molar-refractivity contribution is -0.0372. The summed E-state index contributed by atoms with van der Waals surface area (Å²) < 4.78 is 0. The van der Waals surface area contributed by atoms with Gasteiger partial charge in [-0.05, 0) is 47.1 Å². The van der Waals surface area contributed by atoms with Crippen LogP contribution in [0.1, 0.15) is 18.4 Å². The van der Waals surface area contributed by atoms with Crippen LogP contribution in [0, 0.1) is 11.8 Å². The average molecular weight is 253 g/mol. The van der Waals surface area contributed by atoms with E-state index in [1.807, 2.05) is 0 Å². The van der Waals surface area contributed by atoms with E-state index in [1.54, 1.807) is 11.3 Å². The molecular formula is C13H19NO2S. The first-order valence-corrected chi connectivity index (χ1v) is 7.26. The van der Waals surface area contributed by atoms with Crippen LogP contribution in [0.25, 0.3) is 0 Å². The van der Waals surface area contributed by atoms with Crippen molar-refractivity contribution >= 4 is 11.3 Å². The number of thiophene rings is 1. The number of aliphatic hydroxyl groups excluding tert-OH is 2. The Morgan fingerprint density at radius 1 is 1.18 bits per heavy atom. The fraction of sp³-hybridized carbons (Fsp3) is 0.692. The lowest BCUT2D eigenvalue weighted by Gasteiger charge is -2.32. The van der Waals surface area contributed by atoms with E-state index in [1.165, 1.54) is 5.56 Å². The van der Waals surface area contributed by atoms with Gasteiger partial charge in [-0.2, -0.15) is 11.3 Å². The van der Waals surface area contributed by atoms with E-state index in [9.17, 15) is 10.2 Å². The van der Waals surface area contributed by atoms with E-state index < -0.39 is 12.2 Å². The first-order chi connectivity index (χ1) is 8.22. The van der Waals surface area contributed by atoms with Crippen molar-refractivity contribution in [2.45, 2.75) is 31.6 Å². The highest BCUT2D eigenvalue weighted by Crippen LogP contribution is 2.37. The lowest BCUT2D eigenvalue weighted by Crippen LogP contribution is -2.38. The van der Waals surface area contributed by atoms with Crippen LogP contribution >= 0.6 is 11.3 Å². The van der Waals surface area contributed by atoms with Crippen molar-refractivity contribution in [3.63, 3.8) is 0 Å². The van der Waals surface area contributed by atoms with E-state index in [-0.39, 0.29) is 0 Å². The van der Waals surface area contributed by atoms with Crippen LogP contribution in [0.15, 0.2) is 16.8 Å². The van der Waals surface area contributed by atoms with E-state index >= 15 is 0 Å². The predicted molar refractivity (Wildman–Crippen MR) is 67.8 cm³/mol. The smallest absolute Gasteiger partial charge is 0.0802 e. The molecule has 0 bridgehead atoms. The molecule has 3 nitrogen and oxygen atoms in total. The molecule has 1 aliphatic carbocycles. The maximum absolute atomic E-state index is 9.70. The average Bonchev–Trinajstić information content (AvgIpc) is 2.89. The number of likely N-dealkylation sites (tertiary alicyclic amines) is 1. The molecule has 2 heterocycles. The lowest BCUT2D eigenvalue weighted by atomic mass is 9.79. The van der Waals surface area contributed by atoms with Crippen LogP contribution in [-0.4, -0.2) is 40.4 Å². The normalized spacial score (nSPS) is 38.2. The second kappa shape index (κ2) is 4.69. The SMILES string of the molecule is O[C@H]1C[C@@H]2CN(Cc3ccsc3)C[C@@H]2C[C@@H]1O. The molecule has 0 unspecified atom stereocenters. The molecular weight excluding hydrogens is 234 g/mol. The third-order valence-electron chi connectivity index (χ3n) is 4.17. The maximum atomic E-state index is 9.70. The van der Waals surface area contributed by atoms with Crippen LogP contribution in [0.2, 0.25) is 0 Å². The van der Waals surface area contributed by atoms with Gasteiger partial charge >= 0.3 is 0 Å². The van der Waals surface area contributed by atoms with Gasteiger partial charge in [0.2, 0.25) is 0 Å². The van der Waals surface area contributed by atoms with Gasteiger partial charge in [0.05, 0.1) is 12.2 Å². The molecule has 2 fully saturated rings. The Hall–Kier alpha value is -0.420. The summed E-state index contributed by atoms with van der Waals surface area (Å²) in [5.74, 6) is 1.15. The zero-order valence-electron chi connectivity index (χ0n) is 9.83. The highest BCUT2D eigenvalue weighted by molar-refractivity contribution is 7.07. The van der Waals surface area contributed by atoms with Crippen LogP contribution in [-0.2, 0) is 6.54 Å². The van der Waals surface area contributed by atoms with Gasteiger partial charge in [-0.25, -0.2) is 0 Å². The van der Waals surface area contributed by atoms with Crippen molar-refractivity contribution in [1.29, 1.82) is 0 Å². The third-order valence-corrected chi connectivity index (χ3v) is 4.90. The molecule has 94 valence electrons. The standard InChI is InChI=1S/C13H19NO2S/c15-12-3-10-6-14(5-9-1-2-17-8-9)7-11(10)4-13(12)16/h1-2,8,10-13,15-16H,3-7H2/t10-,11+,12-,13-/m0/s1. The third kappa shape index (κ3) is 2.40. The molecule has 2 N–H and O–H groups in total. The quantitative estimate of drug-likeness (QED) is 0.835. The Bertz CT molecular complexity index is 350. The molecule has 2 aliphatic rings. The second-order valence-corrected chi connectivity index (χ2v) is 6.23. The molecule has 0 radical (unpaired) electrons. The van der Waals surface area contributed by atoms with Gasteiger partial charge < -0.3 is 10.2 Å². The summed E-state index contributed by atoms with van der Waals surface area (Å²) in [4.78, 5) is 2.46. The van der Waals surface area contributed by atoms with Gasteiger partial charge in [0.25, 0.3) is 0 Å². The van der Waals surface area contributed by atoms with E-state index in [0.29, 0.717) is 11.8 Å². The van der Waals surface area contributed by atoms with Gasteiger partial charge in [0, 0.05) is 19.6 Å². The second-order valence-electron chi connectivity index (χ2n) is 5.45. The molecule has 17 heavy (non-hydrogen) atoms. The first-order valence-electron chi connectivity index (χ1n) is 6.32. The van der Waals surface area contributed by atoms with Gasteiger partial charge in [-0.3, -0.25) is 4.90 Å². The zero-order valence-corrected chi connectivity index (χ0v) is 10.6. The summed E-state index contributed by atoms with van der Waals surface area (Å²) in [7, 11) is 0. The number of hydrogen-bond acceptors (Lipinski definition) is 4. The summed E-state index contributed by atoms with van der Waals surface area (Å²) >= 11 is 1.74. The molecule has 1 saturated heterocycles. The molecule has 0 amide bonds. The van der Waals surface area contributed by atoms with E-state index in [4.69, 9.17) is 0 Å². The van der Waals surface area contributed by atoms with Crippen LogP contribution < -0.4 is 0 Å². The monoisotopic (exact) mass is 253 g/mol. The van der Waals surface area contributed by atoms with Crippen LogP contribution in [0.5, 0.6) is 0 Å². The molecule has 1 saturated carbocycles. The molecule has 4 heteroatoms. The first kappa shape index (κ1) is 11.7. The molecule has 1 aromatic rings. The van der Waals surface area contributed by atoms with Gasteiger partial charge in [0.15, 0.2) is 0 Å². The maximum Gasteiger partial charge on any atom is 0.0802 e. The number of rotatable bonds is 2. The minimum Gasteiger partial charge on any atom is -0.390 e. The van der Waals surface area contributed by atoms with E-state index in [2.05, 4.69) is 21.7 Å². The Labute approximate surface area is 106 Å². The Morgan fingerprint density at radius 3 is 2.35 bits per heavy atom. The molecule has 4 atom stereocenters. The van der Waals surface area contributed by atoms with Crippen molar-refractivity contribution < 1.29 is 10.2 Å². The van der Waals surface area contributed by atoms with Crippen molar-refractivity contribution in [2.24, 2.45) is 11.8 Å². The fourth-order valence-electron chi connectivity index (χ4n) is 3.27. The van der Waals surface area contributed by atoms with Crippen molar-refractivity contribution in [1.82, 2.24) is 4.90 Å². The summed E-state index contributed by atoms with van der Waals surface area (Å²) in [6, 6.07) is 2.18. The van der Waals surface area contributed by atoms with E-state index in [0.717, 1.165) is 32.5 Å². The Kier molecular flexibility index (Phi) is 3.21. The van der Waals surface area contributed by atoms with Crippen molar-refractivity contribution in [3.05, 3.63) is 22.4 Å². The number of nitrogens with zero attached hydrogens (tertiary/aromatic N) is 1.